The van der Waals surface area contributed by atoms with Crippen LogP contribution in [0.1, 0.15) is 58.8 Å². The number of hydrogen-bond acceptors (Lipinski definition) is 2. The molecule has 0 aromatic rings. The molecule has 126 valence electrons. The van der Waals surface area contributed by atoms with Gasteiger partial charge in [0.05, 0.1) is 5.92 Å². The summed E-state index contributed by atoms with van der Waals surface area (Å²) < 4.78 is 6.13. The molecule has 2 heteroatoms. The molecule has 7 unspecified atom stereocenters. The van der Waals surface area contributed by atoms with Crippen LogP contribution in [0.4, 0.5) is 0 Å². The molecule has 0 heterocycles. The van der Waals surface area contributed by atoms with Crippen molar-refractivity contribution in [1.82, 2.24) is 0 Å². The van der Waals surface area contributed by atoms with Gasteiger partial charge in [-0.2, -0.15) is 0 Å². The van der Waals surface area contributed by atoms with Gasteiger partial charge in [-0.15, -0.1) is 0 Å². The molecule has 4 bridgehead atoms. The van der Waals surface area contributed by atoms with Gasteiger partial charge >= 0.3 is 5.97 Å². The second kappa shape index (κ2) is 4.86. The van der Waals surface area contributed by atoms with Gasteiger partial charge in [-0.1, -0.05) is 25.0 Å². The molecule has 0 radical (unpaired) electrons. The van der Waals surface area contributed by atoms with E-state index in [1.54, 1.807) is 0 Å². The lowest BCUT2D eigenvalue weighted by Crippen LogP contribution is -2.41. The molecule has 23 heavy (non-hydrogen) atoms. The minimum atomic E-state index is -0.261. The van der Waals surface area contributed by atoms with Crippen LogP contribution in [-0.4, -0.2) is 11.6 Å². The van der Waals surface area contributed by atoms with Gasteiger partial charge < -0.3 is 4.74 Å². The molecule has 0 aliphatic heterocycles. The van der Waals surface area contributed by atoms with E-state index in [1.807, 2.05) is 0 Å². The first kappa shape index (κ1) is 14.5. The number of rotatable bonds is 3. The lowest BCUT2D eigenvalue weighted by atomic mass is 9.69. The third-order valence-electron chi connectivity index (χ3n) is 8.27. The summed E-state index contributed by atoms with van der Waals surface area (Å²) in [5, 5.41) is 0. The highest BCUT2D eigenvalue weighted by atomic mass is 16.6. The third-order valence-corrected chi connectivity index (χ3v) is 8.27. The average molecular weight is 314 g/mol. The maximum atomic E-state index is 13.0. The minimum Gasteiger partial charge on any atom is -0.459 e. The minimum absolute atomic E-state index is 0.139. The molecule has 0 saturated heterocycles. The highest BCUT2D eigenvalue weighted by Crippen LogP contribution is 2.67. The zero-order valence-electron chi connectivity index (χ0n) is 14.5. The normalized spacial score (nSPS) is 47.5. The van der Waals surface area contributed by atoms with Crippen LogP contribution in [0.2, 0.25) is 0 Å². The summed E-state index contributed by atoms with van der Waals surface area (Å²) in [5.74, 6) is 5.66. The smallest absolute Gasteiger partial charge is 0.309 e. The first-order valence-electron chi connectivity index (χ1n) is 9.96. The summed E-state index contributed by atoms with van der Waals surface area (Å²) in [6, 6.07) is 0. The Morgan fingerprint density at radius 1 is 1.00 bits per heavy atom. The lowest BCUT2D eigenvalue weighted by Gasteiger charge is -2.38. The van der Waals surface area contributed by atoms with Crippen LogP contribution >= 0.6 is 0 Å². The third kappa shape index (κ3) is 2.02. The average Bonchev–Trinajstić information content (AvgIpc) is 3.31. The van der Waals surface area contributed by atoms with Gasteiger partial charge in [0.15, 0.2) is 0 Å². The van der Waals surface area contributed by atoms with Crippen LogP contribution in [0.5, 0.6) is 0 Å². The fourth-order valence-corrected chi connectivity index (χ4v) is 7.33. The Kier molecular flexibility index (Phi) is 3.07. The molecule has 4 fully saturated rings. The molecular formula is C21H30O2. The Labute approximate surface area is 140 Å². The molecule has 0 N–H and O–H groups in total. The Morgan fingerprint density at radius 3 is 2.43 bits per heavy atom. The van der Waals surface area contributed by atoms with E-state index < -0.39 is 0 Å². The fourth-order valence-electron chi connectivity index (χ4n) is 7.33. The SMILES string of the molecule is CC(C)(OC(=O)C1CC2CC1C1C3C=CC(C3)C21)C1CCCC1. The highest BCUT2D eigenvalue weighted by Gasteiger charge is 2.62. The monoisotopic (exact) mass is 314 g/mol. The van der Waals surface area contributed by atoms with Crippen LogP contribution in [0, 0.1) is 47.3 Å². The van der Waals surface area contributed by atoms with Gasteiger partial charge in [0.1, 0.15) is 5.60 Å². The summed E-state index contributed by atoms with van der Waals surface area (Å²) in [4.78, 5) is 13.0. The van der Waals surface area contributed by atoms with E-state index in [0.717, 1.165) is 36.0 Å². The van der Waals surface area contributed by atoms with Gasteiger partial charge in [0.25, 0.3) is 0 Å². The Hall–Kier alpha value is -0.790. The largest absolute Gasteiger partial charge is 0.459 e. The van der Waals surface area contributed by atoms with E-state index in [4.69, 9.17) is 4.74 Å². The predicted octanol–water partition coefficient (Wildman–Crippen LogP) is 4.59. The van der Waals surface area contributed by atoms with E-state index >= 15 is 0 Å². The molecule has 5 rings (SSSR count). The molecule has 0 aromatic heterocycles. The van der Waals surface area contributed by atoms with Gasteiger partial charge in [-0.25, -0.2) is 0 Å². The molecule has 0 amide bonds. The van der Waals surface area contributed by atoms with Crippen molar-refractivity contribution >= 4 is 5.97 Å². The second-order valence-corrected chi connectivity index (χ2v) is 9.61. The van der Waals surface area contributed by atoms with Crippen LogP contribution < -0.4 is 0 Å². The maximum absolute atomic E-state index is 13.0. The van der Waals surface area contributed by atoms with Crippen LogP contribution in [0.25, 0.3) is 0 Å². The number of hydrogen-bond donors (Lipinski definition) is 0. The van der Waals surface area contributed by atoms with Crippen molar-refractivity contribution in [2.75, 3.05) is 0 Å². The van der Waals surface area contributed by atoms with E-state index in [-0.39, 0.29) is 17.5 Å². The van der Waals surface area contributed by atoms with Crippen molar-refractivity contribution in [2.45, 2.75) is 64.4 Å². The zero-order chi connectivity index (χ0) is 15.8. The fraction of sp³-hybridized carbons (Fsp3) is 0.857. The van der Waals surface area contributed by atoms with Crippen LogP contribution in [0.3, 0.4) is 0 Å². The molecule has 7 atom stereocenters. The molecule has 5 aliphatic rings. The van der Waals surface area contributed by atoms with Crippen molar-refractivity contribution in [3.05, 3.63) is 12.2 Å². The topological polar surface area (TPSA) is 26.3 Å². The number of esters is 1. The van der Waals surface area contributed by atoms with Crippen molar-refractivity contribution in [1.29, 1.82) is 0 Å². The molecule has 0 spiro atoms. The number of ether oxygens (including phenoxy) is 1. The standard InChI is InChI=1S/C21H30O2/c1-21(2,15-5-3-4-6-15)23-20(22)17-11-14-10-16(17)19-13-8-7-12(9-13)18(14)19/h7-8,12-19H,3-6,9-11H2,1-2H3. The van der Waals surface area contributed by atoms with Crippen molar-refractivity contribution in [2.24, 2.45) is 47.3 Å². The number of allylic oxidation sites excluding steroid dienone is 2. The number of fused-ring (bicyclic) bond motifs is 9. The first-order chi connectivity index (χ1) is 11.0. The summed E-state index contributed by atoms with van der Waals surface area (Å²) in [5.41, 5.74) is -0.261. The lowest BCUT2D eigenvalue weighted by molar-refractivity contribution is -0.170. The van der Waals surface area contributed by atoms with Gasteiger partial charge in [0, 0.05) is 0 Å². The summed E-state index contributed by atoms with van der Waals surface area (Å²) in [6.45, 7) is 4.30. The Balaban J connectivity index is 1.30. The molecule has 4 saturated carbocycles. The Bertz CT molecular complexity index is 542. The zero-order valence-corrected chi connectivity index (χ0v) is 14.5. The first-order valence-corrected chi connectivity index (χ1v) is 9.96. The van der Waals surface area contributed by atoms with E-state index in [9.17, 15) is 4.79 Å². The molecule has 0 aromatic carbocycles. The van der Waals surface area contributed by atoms with Gasteiger partial charge in [-0.05, 0) is 87.4 Å². The number of carbonyl (C=O) groups is 1. The second-order valence-electron chi connectivity index (χ2n) is 9.61. The van der Waals surface area contributed by atoms with E-state index in [1.165, 1.54) is 38.5 Å². The van der Waals surface area contributed by atoms with E-state index in [0.29, 0.717) is 11.8 Å². The van der Waals surface area contributed by atoms with Crippen LogP contribution in [-0.2, 0) is 9.53 Å². The summed E-state index contributed by atoms with van der Waals surface area (Å²) >= 11 is 0. The highest BCUT2D eigenvalue weighted by molar-refractivity contribution is 5.74. The quantitative estimate of drug-likeness (QED) is 0.432. The predicted molar refractivity (Wildman–Crippen MR) is 89.6 cm³/mol. The number of carbonyl (C=O) groups excluding carboxylic acids is 1. The molecule has 2 nitrogen and oxygen atoms in total. The van der Waals surface area contributed by atoms with Crippen LogP contribution in [0.15, 0.2) is 12.2 Å². The molecule has 5 aliphatic carbocycles. The summed E-state index contributed by atoms with van der Waals surface area (Å²) in [6.07, 6.45) is 13.8. The van der Waals surface area contributed by atoms with Crippen molar-refractivity contribution in [3.8, 4) is 0 Å². The summed E-state index contributed by atoms with van der Waals surface area (Å²) in [7, 11) is 0. The van der Waals surface area contributed by atoms with Gasteiger partial charge in [-0.3, -0.25) is 4.79 Å². The van der Waals surface area contributed by atoms with Gasteiger partial charge in [0.2, 0.25) is 0 Å². The van der Waals surface area contributed by atoms with Crippen molar-refractivity contribution < 1.29 is 9.53 Å². The molecular weight excluding hydrogens is 284 g/mol. The van der Waals surface area contributed by atoms with E-state index in [2.05, 4.69) is 26.0 Å². The Morgan fingerprint density at radius 2 is 1.70 bits per heavy atom. The maximum Gasteiger partial charge on any atom is 0.309 e. The van der Waals surface area contributed by atoms with Crippen molar-refractivity contribution in [3.63, 3.8) is 0 Å².